The number of carbonyl (C=O) groups excluding carboxylic acids is 1. The molecule has 1 aromatic carbocycles. The Bertz CT molecular complexity index is 632. The Morgan fingerprint density at radius 3 is 2.70 bits per heavy atom. The van der Waals surface area contributed by atoms with Crippen LogP contribution in [0.1, 0.15) is 29.0 Å². The first kappa shape index (κ1) is 13.9. The van der Waals surface area contributed by atoms with E-state index in [1.54, 1.807) is 31.3 Å². The summed E-state index contributed by atoms with van der Waals surface area (Å²) in [5.74, 6) is -2.52. The molecule has 6 heteroatoms. The molecule has 1 unspecified atom stereocenters. The second-order valence-corrected chi connectivity index (χ2v) is 4.30. The highest BCUT2D eigenvalue weighted by atomic mass is 19.1. The van der Waals surface area contributed by atoms with Gasteiger partial charge in [0.1, 0.15) is 11.6 Å². The summed E-state index contributed by atoms with van der Waals surface area (Å²) >= 11 is 0. The Kier molecular flexibility index (Phi) is 3.93. The molecular formula is C14H13F2N3O. The van der Waals surface area contributed by atoms with Gasteiger partial charge in [-0.3, -0.25) is 9.78 Å². The van der Waals surface area contributed by atoms with Gasteiger partial charge in [-0.2, -0.15) is 0 Å². The van der Waals surface area contributed by atoms with Crippen molar-refractivity contribution in [2.24, 2.45) is 0 Å². The van der Waals surface area contributed by atoms with Crippen molar-refractivity contribution in [2.75, 3.05) is 5.73 Å². The molecule has 4 nitrogen and oxygen atoms in total. The van der Waals surface area contributed by atoms with Crippen LogP contribution in [0.25, 0.3) is 0 Å². The SMILES string of the molecule is CC(NC(=O)c1cc(N)c(F)cc1F)c1ccccn1. The molecule has 0 fully saturated rings. The molecule has 20 heavy (non-hydrogen) atoms. The molecule has 0 aliphatic heterocycles. The fraction of sp³-hybridized carbons (Fsp3) is 0.143. The second-order valence-electron chi connectivity index (χ2n) is 4.30. The van der Waals surface area contributed by atoms with Gasteiger partial charge in [0.2, 0.25) is 0 Å². The van der Waals surface area contributed by atoms with Gasteiger partial charge in [0.05, 0.1) is 23.0 Å². The predicted molar refractivity (Wildman–Crippen MR) is 70.9 cm³/mol. The van der Waals surface area contributed by atoms with Gasteiger partial charge in [0.15, 0.2) is 0 Å². The number of hydrogen-bond donors (Lipinski definition) is 2. The van der Waals surface area contributed by atoms with Crippen LogP contribution in [0.4, 0.5) is 14.5 Å². The number of pyridine rings is 1. The third-order valence-electron chi connectivity index (χ3n) is 2.81. The summed E-state index contributed by atoms with van der Waals surface area (Å²) < 4.78 is 26.6. The van der Waals surface area contributed by atoms with Crippen LogP contribution in [0, 0.1) is 11.6 Å². The Morgan fingerprint density at radius 1 is 1.30 bits per heavy atom. The van der Waals surface area contributed by atoms with Crippen molar-refractivity contribution in [3.63, 3.8) is 0 Å². The summed E-state index contributed by atoms with van der Waals surface area (Å²) in [6, 6.07) is 6.43. The molecule has 3 N–H and O–H groups in total. The zero-order valence-electron chi connectivity index (χ0n) is 10.7. The number of benzene rings is 1. The summed E-state index contributed by atoms with van der Waals surface area (Å²) in [7, 11) is 0. The fourth-order valence-electron chi connectivity index (χ4n) is 1.72. The first-order chi connectivity index (χ1) is 9.49. The average Bonchev–Trinajstić information content (AvgIpc) is 2.43. The lowest BCUT2D eigenvalue weighted by Gasteiger charge is -2.14. The van der Waals surface area contributed by atoms with Crippen LogP contribution < -0.4 is 11.1 Å². The minimum Gasteiger partial charge on any atom is -0.396 e. The number of rotatable bonds is 3. The zero-order chi connectivity index (χ0) is 14.7. The van der Waals surface area contributed by atoms with E-state index in [0.717, 1.165) is 6.07 Å². The molecule has 1 atom stereocenters. The molecule has 0 saturated heterocycles. The number of anilines is 1. The highest BCUT2D eigenvalue weighted by Gasteiger charge is 2.17. The van der Waals surface area contributed by atoms with Crippen molar-refractivity contribution in [2.45, 2.75) is 13.0 Å². The van der Waals surface area contributed by atoms with E-state index in [9.17, 15) is 13.6 Å². The van der Waals surface area contributed by atoms with Crippen molar-refractivity contribution < 1.29 is 13.6 Å². The van der Waals surface area contributed by atoms with Crippen molar-refractivity contribution in [1.82, 2.24) is 10.3 Å². The van der Waals surface area contributed by atoms with Gasteiger partial charge < -0.3 is 11.1 Å². The third kappa shape index (κ3) is 2.90. The Labute approximate surface area is 114 Å². The highest BCUT2D eigenvalue weighted by molar-refractivity contribution is 5.95. The number of nitrogen functional groups attached to an aromatic ring is 1. The molecule has 104 valence electrons. The van der Waals surface area contributed by atoms with E-state index in [-0.39, 0.29) is 11.3 Å². The smallest absolute Gasteiger partial charge is 0.254 e. The van der Waals surface area contributed by atoms with Crippen LogP contribution in [0.5, 0.6) is 0 Å². The number of aromatic nitrogens is 1. The Morgan fingerprint density at radius 2 is 2.05 bits per heavy atom. The number of hydrogen-bond acceptors (Lipinski definition) is 3. The number of nitrogens with one attached hydrogen (secondary N) is 1. The molecule has 0 aliphatic carbocycles. The lowest BCUT2D eigenvalue weighted by atomic mass is 10.1. The minimum absolute atomic E-state index is 0.276. The molecule has 2 aromatic rings. The quantitative estimate of drug-likeness (QED) is 0.847. The van der Waals surface area contributed by atoms with Gasteiger partial charge in [-0.05, 0) is 25.1 Å². The van der Waals surface area contributed by atoms with Crippen molar-refractivity contribution in [3.05, 3.63) is 59.4 Å². The van der Waals surface area contributed by atoms with E-state index >= 15 is 0 Å². The summed E-state index contributed by atoms with van der Waals surface area (Å²) in [4.78, 5) is 16.0. The molecule has 1 heterocycles. The van der Waals surface area contributed by atoms with E-state index in [1.165, 1.54) is 0 Å². The largest absolute Gasteiger partial charge is 0.396 e. The van der Waals surface area contributed by atoms with Crippen LogP contribution in [0.3, 0.4) is 0 Å². The molecule has 0 spiro atoms. The van der Waals surface area contributed by atoms with Crippen LogP contribution in [0.15, 0.2) is 36.5 Å². The molecule has 0 saturated carbocycles. The number of halogens is 2. The summed E-state index contributed by atoms with van der Waals surface area (Å²) in [6.45, 7) is 1.71. The monoisotopic (exact) mass is 277 g/mol. The van der Waals surface area contributed by atoms with Gasteiger partial charge in [-0.1, -0.05) is 6.07 Å². The maximum Gasteiger partial charge on any atom is 0.254 e. The maximum atomic E-state index is 13.6. The first-order valence-electron chi connectivity index (χ1n) is 5.95. The van der Waals surface area contributed by atoms with Gasteiger partial charge in [0.25, 0.3) is 5.91 Å². The topological polar surface area (TPSA) is 68.0 Å². The first-order valence-corrected chi connectivity index (χ1v) is 5.95. The summed E-state index contributed by atoms with van der Waals surface area (Å²) in [5, 5.41) is 2.58. The highest BCUT2D eigenvalue weighted by Crippen LogP contribution is 2.18. The van der Waals surface area contributed by atoms with E-state index in [2.05, 4.69) is 10.3 Å². The molecular weight excluding hydrogens is 264 g/mol. The lowest BCUT2D eigenvalue weighted by molar-refractivity contribution is 0.0935. The van der Waals surface area contributed by atoms with Gasteiger partial charge in [-0.15, -0.1) is 0 Å². The molecule has 0 radical (unpaired) electrons. The molecule has 0 bridgehead atoms. The predicted octanol–water partition coefficient (Wildman–Crippen LogP) is 2.43. The molecule has 1 aromatic heterocycles. The van der Waals surface area contributed by atoms with Gasteiger partial charge in [0, 0.05) is 12.3 Å². The van der Waals surface area contributed by atoms with Crippen molar-refractivity contribution in [1.29, 1.82) is 0 Å². The summed E-state index contributed by atoms with van der Waals surface area (Å²) in [5.41, 5.74) is 5.40. The third-order valence-corrected chi connectivity index (χ3v) is 2.81. The Balaban J connectivity index is 2.19. The van der Waals surface area contributed by atoms with Crippen molar-refractivity contribution in [3.8, 4) is 0 Å². The minimum atomic E-state index is -0.956. The van der Waals surface area contributed by atoms with Gasteiger partial charge >= 0.3 is 0 Å². The number of amides is 1. The average molecular weight is 277 g/mol. The van der Waals surface area contributed by atoms with E-state index in [0.29, 0.717) is 11.8 Å². The molecule has 1 amide bonds. The van der Waals surface area contributed by atoms with Gasteiger partial charge in [-0.25, -0.2) is 8.78 Å². The lowest BCUT2D eigenvalue weighted by Crippen LogP contribution is -2.28. The zero-order valence-corrected chi connectivity index (χ0v) is 10.7. The van der Waals surface area contributed by atoms with E-state index in [1.807, 2.05) is 0 Å². The number of nitrogens with two attached hydrogens (primary N) is 1. The van der Waals surface area contributed by atoms with Crippen LogP contribution in [-0.2, 0) is 0 Å². The summed E-state index contributed by atoms with van der Waals surface area (Å²) in [6.07, 6.45) is 1.59. The van der Waals surface area contributed by atoms with Crippen LogP contribution in [-0.4, -0.2) is 10.9 Å². The van der Waals surface area contributed by atoms with E-state index in [4.69, 9.17) is 5.73 Å². The fourth-order valence-corrected chi connectivity index (χ4v) is 1.72. The van der Waals surface area contributed by atoms with Crippen LogP contribution in [0.2, 0.25) is 0 Å². The molecule has 0 aliphatic rings. The van der Waals surface area contributed by atoms with Crippen molar-refractivity contribution >= 4 is 11.6 Å². The number of carbonyl (C=O) groups is 1. The van der Waals surface area contributed by atoms with E-state index < -0.39 is 23.6 Å². The normalized spacial score (nSPS) is 11.9. The number of nitrogens with zero attached hydrogens (tertiary/aromatic N) is 1. The van der Waals surface area contributed by atoms with Crippen LogP contribution >= 0.6 is 0 Å². The standard InChI is InChI=1S/C14H13F2N3O/c1-8(13-4-2-3-5-18-13)19-14(20)9-6-12(17)11(16)7-10(9)15/h2-8H,17H2,1H3,(H,19,20). The second kappa shape index (κ2) is 5.64. The Hall–Kier alpha value is -2.50. The maximum absolute atomic E-state index is 13.6. The molecule has 2 rings (SSSR count).